The third-order valence-electron chi connectivity index (χ3n) is 1.34. The molecule has 0 aromatic heterocycles. The van der Waals surface area contributed by atoms with Crippen molar-refractivity contribution in [2.45, 2.75) is 26.4 Å². The van der Waals surface area contributed by atoms with Crippen molar-refractivity contribution in [2.75, 3.05) is 7.05 Å². The van der Waals surface area contributed by atoms with E-state index in [1.54, 1.807) is 0 Å². The van der Waals surface area contributed by atoms with Crippen LogP contribution in [0.25, 0.3) is 0 Å². The zero-order valence-electron chi connectivity index (χ0n) is 8.09. The second kappa shape index (κ2) is 3.09. The molecule has 0 bridgehead atoms. The summed E-state index contributed by atoms with van der Waals surface area (Å²) in [7, 11) is 1.92. The first-order valence-electron chi connectivity index (χ1n) is 4.05. The van der Waals surface area contributed by atoms with Crippen molar-refractivity contribution in [3.63, 3.8) is 0 Å². The molecule has 3 heteroatoms. The molecule has 68 valence electrons. The molecule has 1 heterocycles. The second-order valence-electron chi connectivity index (χ2n) is 3.77. The van der Waals surface area contributed by atoms with E-state index in [2.05, 4.69) is 5.43 Å². The molecule has 1 aliphatic heterocycles. The highest BCUT2D eigenvalue weighted by atomic mass is 16.5. The summed E-state index contributed by atoms with van der Waals surface area (Å²) < 4.78 is 5.66. The molecule has 0 saturated heterocycles. The maximum Gasteiger partial charge on any atom is 0.208 e. The minimum Gasteiger partial charge on any atom is -0.472 e. The predicted molar refractivity (Wildman–Crippen MR) is 49.0 cm³/mol. The van der Waals surface area contributed by atoms with Crippen molar-refractivity contribution in [1.82, 2.24) is 10.4 Å². The lowest BCUT2D eigenvalue weighted by molar-refractivity contribution is -0.00145. The number of hydrazine groups is 1. The summed E-state index contributed by atoms with van der Waals surface area (Å²) in [4.78, 5) is 0. The van der Waals surface area contributed by atoms with E-state index in [9.17, 15) is 0 Å². The van der Waals surface area contributed by atoms with Crippen LogP contribution in [0.2, 0.25) is 0 Å². The molecule has 0 aliphatic carbocycles. The highest BCUT2D eigenvalue weighted by Gasteiger charge is 2.16. The molecule has 0 fully saturated rings. The fourth-order valence-corrected chi connectivity index (χ4v) is 0.877. The van der Waals surface area contributed by atoms with Gasteiger partial charge in [-0.15, -0.1) is 0 Å². The van der Waals surface area contributed by atoms with Crippen molar-refractivity contribution >= 4 is 0 Å². The minimum absolute atomic E-state index is 0.146. The van der Waals surface area contributed by atoms with Crippen LogP contribution in [0, 0.1) is 0 Å². The largest absolute Gasteiger partial charge is 0.472 e. The Labute approximate surface area is 73.7 Å². The molecule has 3 nitrogen and oxygen atoms in total. The highest BCUT2D eigenvalue weighted by molar-refractivity contribution is 5.10. The quantitative estimate of drug-likeness (QED) is 0.643. The molecule has 0 saturated carbocycles. The lowest BCUT2D eigenvalue weighted by Gasteiger charge is -2.30. The first-order valence-corrected chi connectivity index (χ1v) is 4.05. The van der Waals surface area contributed by atoms with Gasteiger partial charge in [0.25, 0.3) is 0 Å². The van der Waals surface area contributed by atoms with Gasteiger partial charge in [0.1, 0.15) is 5.60 Å². The Morgan fingerprint density at radius 1 is 1.42 bits per heavy atom. The first kappa shape index (κ1) is 8.97. The van der Waals surface area contributed by atoms with Gasteiger partial charge in [0, 0.05) is 19.3 Å². The average Bonchev–Trinajstić information content (AvgIpc) is 1.91. The number of allylic oxidation sites excluding steroid dienone is 2. The third-order valence-corrected chi connectivity index (χ3v) is 1.34. The first-order chi connectivity index (χ1) is 5.49. The van der Waals surface area contributed by atoms with Crippen LogP contribution in [0.4, 0.5) is 0 Å². The Morgan fingerprint density at radius 2 is 2.08 bits per heavy atom. The molecule has 0 spiro atoms. The van der Waals surface area contributed by atoms with E-state index >= 15 is 0 Å². The summed E-state index contributed by atoms with van der Waals surface area (Å²) >= 11 is 0. The number of rotatable bonds is 1. The van der Waals surface area contributed by atoms with Crippen LogP contribution in [0.1, 0.15) is 20.8 Å². The monoisotopic (exact) mass is 168 g/mol. The molecule has 0 radical (unpaired) electrons. The minimum atomic E-state index is -0.146. The van der Waals surface area contributed by atoms with Gasteiger partial charge in [0.15, 0.2) is 0 Å². The summed E-state index contributed by atoms with van der Waals surface area (Å²) in [5.41, 5.74) is 2.87. The predicted octanol–water partition coefficient (Wildman–Crippen LogP) is 1.61. The van der Waals surface area contributed by atoms with Crippen molar-refractivity contribution in [1.29, 1.82) is 0 Å². The lowest BCUT2D eigenvalue weighted by atomic mass is 10.2. The number of nitrogens with zero attached hydrogens (tertiary/aromatic N) is 1. The summed E-state index contributed by atoms with van der Waals surface area (Å²) in [6.45, 7) is 6.08. The molecule has 0 amide bonds. The Hall–Kier alpha value is -1.12. The Morgan fingerprint density at radius 3 is 2.58 bits per heavy atom. The van der Waals surface area contributed by atoms with Crippen LogP contribution in [-0.2, 0) is 4.74 Å². The van der Waals surface area contributed by atoms with Crippen LogP contribution in [0.5, 0.6) is 0 Å². The second-order valence-corrected chi connectivity index (χ2v) is 3.77. The smallest absolute Gasteiger partial charge is 0.208 e. The van der Waals surface area contributed by atoms with Gasteiger partial charge in [-0.2, -0.15) is 0 Å². The molecular formula is C9H16N2O. The molecular weight excluding hydrogens is 152 g/mol. The van der Waals surface area contributed by atoms with Crippen LogP contribution in [0.15, 0.2) is 24.2 Å². The molecule has 0 unspecified atom stereocenters. The van der Waals surface area contributed by atoms with Gasteiger partial charge < -0.3 is 10.2 Å². The summed E-state index contributed by atoms with van der Waals surface area (Å²) in [5, 5.41) is 1.84. The molecule has 0 aromatic carbocycles. The van der Waals surface area contributed by atoms with E-state index < -0.39 is 0 Å². The Kier molecular flexibility index (Phi) is 2.31. The maximum absolute atomic E-state index is 5.66. The van der Waals surface area contributed by atoms with Crippen molar-refractivity contribution in [3.05, 3.63) is 24.2 Å². The van der Waals surface area contributed by atoms with E-state index in [1.165, 1.54) is 0 Å². The third kappa shape index (κ3) is 2.49. The van der Waals surface area contributed by atoms with Crippen molar-refractivity contribution in [3.8, 4) is 0 Å². The van der Waals surface area contributed by atoms with Crippen LogP contribution in [0.3, 0.4) is 0 Å². The number of ether oxygens (including phenoxy) is 1. The van der Waals surface area contributed by atoms with Gasteiger partial charge >= 0.3 is 0 Å². The highest BCUT2D eigenvalue weighted by Crippen LogP contribution is 2.16. The van der Waals surface area contributed by atoms with E-state index in [0.29, 0.717) is 0 Å². The standard InChI is InChI=1S/C9H16N2O/c1-9(2,3)12-8-6-5-7-10-11(8)4/h5-7,10H,1-4H3. The van der Waals surface area contributed by atoms with Gasteiger partial charge in [-0.1, -0.05) is 0 Å². The average molecular weight is 168 g/mol. The van der Waals surface area contributed by atoms with Gasteiger partial charge in [0.2, 0.25) is 5.88 Å². The molecule has 1 rings (SSSR count). The molecule has 1 aliphatic rings. The zero-order valence-corrected chi connectivity index (χ0v) is 8.09. The van der Waals surface area contributed by atoms with Gasteiger partial charge in [-0.25, -0.2) is 0 Å². The maximum atomic E-state index is 5.66. The van der Waals surface area contributed by atoms with Crippen LogP contribution < -0.4 is 5.43 Å². The summed E-state index contributed by atoms with van der Waals surface area (Å²) in [6.07, 6.45) is 5.71. The van der Waals surface area contributed by atoms with Crippen molar-refractivity contribution in [2.24, 2.45) is 0 Å². The van der Waals surface area contributed by atoms with Gasteiger partial charge in [0.05, 0.1) is 0 Å². The summed E-state index contributed by atoms with van der Waals surface area (Å²) in [5.74, 6) is 0.838. The molecule has 1 N–H and O–H groups in total. The fraction of sp³-hybridized carbons (Fsp3) is 0.556. The lowest BCUT2D eigenvalue weighted by Crippen LogP contribution is -2.35. The van der Waals surface area contributed by atoms with E-state index in [4.69, 9.17) is 4.74 Å². The van der Waals surface area contributed by atoms with E-state index in [0.717, 1.165) is 5.88 Å². The van der Waals surface area contributed by atoms with Crippen LogP contribution in [-0.4, -0.2) is 17.7 Å². The Balaban J connectivity index is 2.62. The van der Waals surface area contributed by atoms with Gasteiger partial charge in [-0.3, -0.25) is 5.01 Å². The number of hydrogen-bond acceptors (Lipinski definition) is 3. The summed E-state index contributed by atoms with van der Waals surface area (Å²) in [6, 6.07) is 0. The van der Waals surface area contributed by atoms with Crippen molar-refractivity contribution < 1.29 is 4.74 Å². The SMILES string of the molecule is CN1NC=CC=C1OC(C)(C)C. The van der Waals surface area contributed by atoms with Crippen LogP contribution >= 0.6 is 0 Å². The molecule has 0 aromatic rings. The van der Waals surface area contributed by atoms with E-state index in [-0.39, 0.29) is 5.60 Å². The van der Waals surface area contributed by atoms with E-state index in [1.807, 2.05) is 51.2 Å². The number of hydrogen-bond donors (Lipinski definition) is 1. The topological polar surface area (TPSA) is 24.5 Å². The van der Waals surface area contributed by atoms with Gasteiger partial charge in [-0.05, 0) is 26.8 Å². The zero-order chi connectivity index (χ0) is 9.19. The molecule has 0 atom stereocenters. The number of nitrogens with one attached hydrogen (secondary N) is 1. The Bertz CT molecular complexity index is 213. The molecule has 12 heavy (non-hydrogen) atoms. The fourth-order valence-electron chi connectivity index (χ4n) is 0.877. The normalized spacial score (nSPS) is 17.0.